The van der Waals surface area contributed by atoms with Gasteiger partial charge in [-0.25, -0.2) is 4.79 Å². The van der Waals surface area contributed by atoms with Gasteiger partial charge in [-0.1, -0.05) is 51.9 Å². The van der Waals surface area contributed by atoms with Gasteiger partial charge >= 0.3 is 6.03 Å². The minimum absolute atomic E-state index is 0.187. The first-order chi connectivity index (χ1) is 8.08. The summed E-state index contributed by atoms with van der Waals surface area (Å²) in [6.45, 7) is 4.01. The summed E-state index contributed by atoms with van der Waals surface area (Å²) >= 11 is 0. The fourth-order valence-electron chi connectivity index (χ4n) is 2.19. The van der Waals surface area contributed by atoms with Crippen LogP contribution in [0.3, 0.4) is 0 Å². The van der Waals surface area contributed by atoms with Crippen molar-refractivity contribution in [1.29, 1.82) is 0 Å². The van der Waals surface area contributed by atoms with E-state index in [4.69, 9.17) is 0 Å². The topological polar surface area (TPSA) is 58.2 Å². The van der Waals surface area contributed by atoms with E-state index in [0.717, 1.165) is 19.3 Å². The molecule has 0 bridgehead atoms. The van der Waals surface area contributed by atoms with Gasteiger partial charge in [-0.15, -0.1) is 0 Å². The second-order valence-electron chi connectivity index (χ2n) is 5.11. The summed E-state index contributed by atoms with van der Waals surface area (Å²) in [4.78, 5) is 22.6. The highest BCUT2D eigenvalue weighted by Crippen LogP contribution is 2.19. The summed E-state index contributed by atoms with van der Waals surface area (Å²) in [5.74, 6) is -0.187. The number of carbonyl (C=O) groups is 2. The third kappa shape index (κ3) is 4.36. The number of carbonyl (C=O) groups excluding carboxylic acids is 2. The third-order valence-electron chi connectivity index (χ3n) is 3.40. The number of rotatable bonds is 8. The van der Waals surface area contributed by atoms with Crippen LogP contribution in [0.25, 0.3) is 0 Å². The minimum atomic E-state index is -0.680. The van der Waals surface area contributed by atoms with Crippen LogP contribution < -0.4 is 10.6 Å². The molecule has 1 aliphatic heterocycles. The van der Waals surface area contributed by atoms with Crippen LogP contribution in [0.1, 0.15) is 65.2 Å². The average Bonchev–Trinajstić information content (AvgIpc) is 2.52. The molecular weight excluding hydrogens is 216 g/mol. The lowest BCUT2D eigenvalue weighted by molar-refractivity contribution is -0.123. The standard InChI is InChI=1S/C13H24N2O2/c1-3-4-5-6-7-8-9-10-13(2)11(16)14-12(17)15-13/h3-10H2,1-2H3,(H2,14,15,16,17). The van der Waals surface area contributed by atoms with Crippen molar-refractivity contribution in [2.45, 2.75) is 70.8 Å². The molecule has 0 aliphatic carbocycles. The Morgan fingerprint density at radius 3 is 2.12 bits per heavy atom. The van der Waals surface area contributed by atoms with E-state index in [0.29, 0.717) is 0 Å². The Morgan fingerprint density at radius 1 is 1.00 bits per heavy atom. The summed E-state index contributed by atoms with van der Waals surface area (Å²) < 4.78 is 0. The van der Waals surface area contributed by atoms with Crippen molar-refractivity contribution in [2.24, 2.45) is 0 Å². The van der Waals surface area contributed by atoms with Gasteiger partial charge in [0.2, 0.25) is 0 Å². The van der Waals surface area contributed by atoms with Gasteiger partial charge in [-0.2, -0.15) is 0 Å². The molecule has 4 nitrogen and oxygen atoms in total. The van der Waals surface area contributed by atoms with Crippen LogP contribution in [0, 0.1) is 0 Å². The highest BCUT2D eigenvalue weighted by Gasteiger charge is 2.40. The van der Waals surface area contributed by atoms with Gasteiger partial charge in [0.25, 0.3) is 5.91 Å². The van der Waals surface area contributed by atoms with Crippen molar-refractivity contribution in [1.82, 2.24) is 10.6 Å². The second-order valence-corrected chi connectivity index (χ2v) is 5.11. The SMILES string of the molecule is CCCCCCCCCC1(C)NC(=O)NC1=O. The fraction of sp³-hybridized carbons (Fsp3) is 0.846. The summed E-state index contributed by atoms with van der Waals surface area (Å²) in [7, 11) is 0. The minimum Gasteiger partial charge on any atom is -0.324 e. The monoisotopic (exact) mass is 240 g/mol. The summed E-state index contributed by atoms with van der Waals surface area (Å²) in [5, 5.41) is 4.98. The largest absolute Gasteiger partial charge is 0.324 e. The van der Waals surface area contributed by atoms with Crippen molar-refractivity contribution in [2.75, 3.05) is 0 Å². The molecule has 4 heteroatoms. The smallest absolute Gasteiger partial charge is 0.322 e. The highest BCUT2D eigenvalue weighted by molar-refractivity contribution is 6.06. The van der Waals surface area contributed by atoms with Crippen LogP contribution >= 0.6 is 0 Å². The Balaban J connectivity index is 2.10. The number of unbranched alkanes of at least 4 members (excludes halogenated alkanes) is 6. The molecule has 1 atom stereocenters. The maximum Gasteiger partial charge on any atom is 0.322 e. The van der Waals surface area contributed by atoms with E-state index < -0.39 is 5.54 Å². The lowest BCUT2D eigenvalue weighted by Crippen LogP contribution is -2.43. The van der Waals surface area contributed by atoms with Crippen LogP contribution in [0.15, 0.2) is 0 Å². The molecule has 0 saturated carbocycles. The van der Waals surface area contributed by atoms with E-state index in [9.17, 15) is 9.59 Å². The molecule has 98 valence electrons. The number of hydrogen-bond acceptors (Lipinski definition) is 2. The third-order valence-corrected chi connectivity index (χ3v) is 3.40. The number of nitrogens with one attached hydrogen (secondary N) is 2. The van der Waals surface area contributed by atoms with Gasteiger partial charge in [0.1, 0.15) is 5.54 Å². The average molecular weight is 240 g/mol. The zero-order valence-corrected chi connectivity index (χ0v) is 11.0. The Hall–Kier alpha value is -1.06. The van der Waals surface area contributed by atoms with E-state index in [2.05, 4.69) is 17.6 Å². The summed E-state index contributed by atoms with van der Waals surface area (Å²) in [5.41, 5.74) is -0.680. The zero-order valence-electron chi connectivity index (χ0n) is 11.0. The van der Waals surface area contributed by atoms with Gasteiger partial charge in [0.15, 0.2) is 0 Å². The Morgan fingerprint density at radius 2 is 1.59 bits per heavy atom. The van der Waals surface area contributed by atoms with E-state index >= 15 is 0 Å². The van der Waals surface area contributed by atoms with Crippen molar-refractivity contribution in [3.8, 4) is 0 Å². The maximum absolute atomic E-state index is 11.5. The van der Waals surface area contributed by atoms with Crippen LogP contribution in [0.4, 0.5) is 4.79 Å². The molecule has 1 rings (SSSR count). The number of amides is 3. The molecule has 0 aromatic carbocycles. The second kappa shape index (κ2) is 6.62. The van der Waals surface area contributed by atoms with Crippen LogP contribution in [-0.4, -0.2) is 17.5 Å². The molecule has 0 aromatic rings. The summed E-state index contributed by atoms with van der Waals surface area (Å²) in [6.07, 6.45) is 9.28. The van der Waals surface area contributed by atoms with E-state index in [1.165, 1.54) is 32.1 Å². The molecule has 1 fully saturated rings. The van der Waals surface area contributed by atoms with Crippen LogP contribution in [0.5, 0.6) is 0 Å². The molecule has 17 heavy (non-hydrogen) atoms. The number of imide groups is 1. The van der Waals surface area contributed by atoms with Gasteiger partial charge in [-0.3, -0.25) is 10.1 Å². The first-order valence-corrected chi connectivity index (χ1v) is 6.72. The number of hydrogen-bond donors (Lipinski definition) is 2. The van der Waals surface area contributed by atoms with Gasteiger partial charge in [-0.05, 0) is 13.3 Å². The maximum atomic E-state index is 11.5. The number of urea groups is 1. The predicted octanol–water partition coefficient (Wildman–Crippen LogP) is 2.73. The molecule has 0 spiro atoms. The normalized spacial score (nSPS) is 23.6. The Bertz CT molecular complexity index is 279. The fourth-order valence-corrected chi connectivity index (χ4v) is 2.19. The van der Waals surface area contributed by atoms with E-state index in [-0.39, 0.29) is 11.9 Å². The van der Waals surface area contributed by atoms with E-state index in [1.807, 2.05) is 0 Å². The van der Waals surface area contributed by atoms with Gasteiger partial charge in [0, 0.05) is 0 Å². The first-order valence-electron chi connectivity index (χ1n) is 6.72. The van der Waals surface area contributed by atoms with Crippen molar-refractivity contribution in [3.05, 3.63) is 0 Å². The predicted molar refractivity (Wildman–Crippen MR) is 67.7 cm³/mol. The van der Waals surface area contributed by atoms with Crippen LogP contribution in [0.2, 0.25) is 0 Å². The molecule has 2 N–H and O–H groups in total. The lowest BCUT2D eigenvalue weighted by atomic mass is 9.94. The molecule has 1 aliphatic rings. The van der Waals surface area contributed by atoms with Crippen molar-refractivity contribution >= 4 is 11.9 Å². The Kier molecular flexibility index (Phi) is 5.45. The summed E-state index contributed by atoms with van der Waals surface area (Å²) in [6, 6.07) is -0.361. The highest BCUT2D eigenvalue weighted by atomic mass is 16.2. The first kappa shape index (κ1) is 14.0. The molecule has 3 amide bonds. The Labute approximate surface area is 104 Å². The van der Waals surface area contributed by atoms with Crippen molar-refractivity contribution < 1.29 is 9.59 Å². The molecular formula is C13H24N2O2. The van der Waals surface area contributed by atoms with Gasteiger partial charge in [0.05, 0.1) is 0 Å². The zero-order chi connectivity index (χ0) is 12.7. The van der Waals surface area contributed by atoms with Crippen LogP contribution in [-0.2, 0) is 4.79 Å². The quantitative estimate of drug-likeness (QED) is 0.506. The molecule has 1 saturated heterocycles. The molecule has 1 heterocycles. The lowest BCUT2D eigenvalue weighted by Gasteiger charge is -2.19. The van der Waals surface area contributed by atoms with Gasteiger partial charge < -0.3 is 5.32 Å². The molecule has 1 unspecified atom stereocenters. The molecule has 0 aromatic heterocycles. The molecule has 0 radical (unpaired) electrons. The van der Waals surface area contributed by atoms with E-state index in [1.54, 1.807) is 6.92 Å². The van der Waals surface area contributed by atoms with Crippen molar-refractivity contribution in [3.63, 3.8) is 0 Å².